The van der Waals surface area contributed by atoms with E-state index in [1.54, 1.807) is 12.1 Å². The molecule has 2 heterocycles. The topological polar surface area (TPSA) is 99.7 Å². The van der Waals surface area contributed by atoms with Gasteiger partial charge in [0.25, 0.3) is 0 Å². The first-order valence-corrected chi connectivity index (χ1v) is 9.74. The number of halogens is 4. The van der Waals surface area contributed by atoms with E-state index in [9.17, 15) is 22.8 Å². The molecule has 0 radical (unpaired) electrons. The number of aromatic nitrogens is 2. The minimum atomic E-state index is -4.93. The van der Waals surface area contributed by atoms with E-state index in [1.165, 1.54) is 12.1 Å². The Morgan fingerprint density at radius 2 is 1.87 bits per heavy atom. The quantitative estimate of drug-likeness (QED) is 0.500. The Hall–Kier alpha value is -2.63. The Bertz CT molecular complexity index is 958. The Morgan fingerprint density at radius 1 is 1.19 bits per heavy atom. The molecule has 0 bridgehead atoms. The second-order valence-corrected chi connectivity index (χ2v) is 7.17. The molecule has 2 aromatic rings. The maximum absolute atomic E-state index is 13.5. The zero-order valence-electron chi connectivity index (χ0n) is 16.3. The molecule has 0 saturated carbocycles. The zero-order valence-corrected chi connectivity index (χ0v) is 17.1. The molecule has 0 amide bonds. The van der Waals surface area contributed by atoms with Crippen molar-refractivity contribution in [3.63, 3.8) is 0 Å². The summed E-state index contributed by atoms with van der Waals surface area (Å²) in [6.07, 6.45) is -4.93. The molecule has 1 aliphatic rings. The minimum Gasteiger partial charge on any atom is -0.454 e. The van der Waals surface area contributed by atoms with Gasteiger partial charge >= 0.3 is 12.1 Å². The predicted octanol–water partition coefficient (Wildman–Crippen LogP) is 2.51. The van der Waals surface area contributed by atoms with Crippen molar-refractivity contribution in [1.82, 2.24) is 14.7 Å². The first-order chi connectivity index (χ1) is 14.7. The molecule has 0 atom stereocenters. The number of carbonyl (C=O) groups is 2. The molecular formula is C19H20ClF3N4O4. The third kappa shape index (κ3) is 5.54. The normalized spacial score (nSPS) is 15.1. The smallest absolute Gasteiger partial charge is 0.436 e. The summed E-state index contributed by atoms with van der Waals surface area (Å²) in [6.45, 7) is 1.95. The number of carbonyl (C=O) groups excluding carboxylic acids is 2. The number of ketones is 1. The highest BCUT2D eigenvalue weighted by molar-refractivity contribution is 6.34. The average molecular weight is 461 g/mol. The second kappa shape index (κ2) is 9.67. The molecule has 2 N–H and O–H groups in total. The van der Waals surface area contributed by atoms with Crippen LogP contribution < -0.4 is 5.73 Å². The monoisotopic (exact) mass is 460 g/mol. The third-order valence-corrected chi connectivity index (χ3v) is 5.03. The zero-order chi connectivity index (χ0) is 22.6. The number of Topliss-reactive ketones (excluding diaryl/α,β-unsaturated/α-hetero) is 1. The maximum Gasteiger partial charge on any atom is 0.436 e. The van der Waals surface area contributed by atoms with Gasteiger partial charge in [0.15, 0.2) is 12.3 Å². The molecule has 1 aromatic carbocycles. The number of alkyl halides is 3. The first-order valence-electron chi connectivity index (χ1n) is 9.37. The predicted molar refractivity (Wildman–Crippen MR) is 105 cm³/mol. The Labute approximate surface area is 180 Å². The van der Waals surface area contributed by atoms with Crippen LogP contribution in [0.25, 0.3) is 0 Å². The Kier molecular flexibility index (Phi) is 7.19. The van der Waals surface area contributed by atoms with E-state index in [1.807, 2.05) is 4.90 Å². The van der Waals surface area contributed by atoms with Crippen molar-refractivity contribution in [3.8, 4) is 0 Å². The highest BCUT2D eigenvalue weighted by Crippen LogP contribution is 2.34. The molecule has 168 valence electrons. The van der Waals surface area contributed by atoms with E-state index in [-0.39, 0.29) is 17.1 Å². The first kappa shape index (κ1) is 23.0. The van der Waals surface area contributed by atoms with Gasteiger partial charge in [0.05, 0.1) is 24.8 Å². The lowest BCUT2D eigenvalue weighted by Gasteiger charge is -2.26. The molecule has 1 fully saturated rings. The van der Waals surface area contributed by atoms with Crippen LogP contribution in [0.3, 0.4) is 0 Å². The molecule has 3 rings (SSSR count). The number of rotatable bonds is 7. The van der Waals surface area contributed by atoms with E-state index in [4.69, 9.17) is 26.8 Å². The summed E-state index contributed by atoms with van der Waals surface area (Å²) >= 11 is 5.91. The molecule has 8 nitrogen and oxygen atoms in total. The highest BCUT2D eigenvalue weighted by Gasteiger charge is 2.42. The van der Waals surface area contributed by atoms with Gasteiger partial charge in [-0.3, -0.25) is 9.69 Å². The van der Waals surface area contributed by atoms with E-state index >= 15 is 0 Å². The lowest BCUT2D eigenvalue weighted by Crippen LogP contribution is -2.38. The van der Waals surface area contributed by atoms with Crippen molar-refractivity contribution in [1.29, 1.82) is 0 Å². The van der Waals surface area contributed by atoms with Crippen molar-refractivity contribution >= 4 is 29.2 Å². The van der Waals surface area contributed by atoms with Gasteiger partial charge in [-0.25, -0.2) is 9.48 Å². The van der Waals surface area contributed by atoms with Gasteiger partial charge < -0.3 is 15.2 Å². The standard InChI is InChI=1S/C19H20ClF3N4O4/c20-13-4-2-1-3-12(13)14(28)11-31-18(29)15-16(19(21,22)23)25-27(17(15)24)6-5-26-7-9-30-10-8-26/h1-4H,5-11,24H2. The molecular weight excluding hydrogens is 441 g/mol. The van der Waals surface area contributed by atoms with Crippen LogP contribution in [0.1, 0.15) is 26.4 Å². The number of nitrogens with two attached hydrogens (primary N) is 1. The molecule has 0 unspecified atom stereocenters. The fraction of sp³-hybridized carbons (Fsp3) is 0.421. The minimum absolute atomic E-state index is 0.0424. The van der Waals surface area contributed by atoms with Gasteiger partial charge in [-0.1, -0.05) is 23.7 Å². The lowest BCUT2D eigenvalue weighted by molar-refractivity contribution is -0.142. The van der Waals surface area contributed by atoms with Gasteiger partial charge in [0.2, 0.25) is 5.78 Å². The van der Waals surface area contributed by atoms with Crippen molar-refractivity contribution < 1.29 is 32.2 Å². The second-order valence-electron chi connectivity index (χ2n) is 6.76. The molecule has 0 aliphatic carbocycles. The highest BCUT2D eigenvalue weighted by atomic mass is 35.5. The summed E-state index contributed by atoms with van der Waals surface area (Å²) in [4.78, 5) is 26.6. The van der Waals surface area contributed by atoms with Crippen LogP contribution in [0.5, 0.6) is 0 Å². The third-order valence-electron chi connectivity index (χ3n) is 4.70. The van der Waals surface area contributed by atoms with Gasteiger partial charge in [-0.15, -0.1) is 0 Å². The van der Waals surface area contributed by atoms with Crippen LogP contribution in [0, 0.1) is 0 Å². The van der Waals surface area contributed by atoms with Gasteiger partial charge in [-0.2, -0.15) is 18.3 Å². The van der Waals surface area contributed by atoms with E-state index in [0.717, 1.165) is 4.68 Å². The Morgan fingerprint density at radius 3 is 2.52 bits per heavy atom. The van der Waals surface area contributed by atoms with E-state index < -0.39 is 41.6 Å². The fourth-order valence-electron chi connectivity index (χ4n) is 3.07. The SMILES string of the molecule is Nc1c(C(=O)OCC(=O)c2ccccc2Cl)c(C(F)(F)F)nn1CCN1CCOCC1. The van der Waals surface area contributed by atoms with Crippen molar-refractivity contribution in [3.05, 3.63) is 46.1 Å². The Balaban J connectivity index is 1.75. The molecule has 12 heteroatoms. The number of ether oxygens (including phenoxy) is 2. The van der Waals surface area contributed by atoms with Crippen molar-refractivity contribution in [2.24, 2.45) is 0 Å². The molecule has 1 aliphatic heterocycles. The number of morpholine rings is 1. The number of nitrogens with zero attached hydrogens (tertiary/aromatic N) is 3. The summed E-state index contributed by atoms with van der Waals surface area (Å²) in [5.74, 6) is -2.52. The number of esters is 1. The molecule has 31 heavy (non-hydrogen) atoms. The number of hydrogen-bond acceptors (Lipinski definition) is 7. The van der Waals surface area contributed by atoms with E-state index in [0.29, 0.717) is 32.8 Å². The summed E-state index contributed by atoms with van der Waals surface area (Å²) < 4.78 is 51.4. The van der Waals surface area contributed by atoms with E-state index in [2.05, 4.69) is 5.10 Å². The largest absolute Gasteiger partial charge is 0.454 e. The van der Waals surface area contributed by atoms with Crippen LogP contribution in [-0.2, 0) is 22.2 Å². The number of nitrogen functional groups attached to an aromatic ring is 1. The summed E-state index contributed by atoms with van der Waals surface area (Å²) in [5.41, 5.74) is 3.52. The van der Waals surface area contributed by atoms with Crippen LogP contribution in [0.15, 0.2) is 24.3 Å². The van der Waals surface area contributed by atoms with Crippen LogP contribution in [0.2, 0.25) is 5.02 Å². The number of benzene rings is 1. The fourth-order valence-corrected chi connectivity index (χ4v) is 3.32. The van der Waals surface area contributed by atoms with Crippen LogP contribution in [-0.4, -0.2) is 65.9 Å². The van der Waals surface area contributed by atoms with Gasteiger partial charge in [0, 0.05) is 25.2 Å². The van der Waals surface area contributed by atoms with Gasteiger partial charge in [-0.05, 0) is 12.1 Å². The van der Waals surface area contributed by atoms with Crippen LogP contribution >= 0.6 is 11.6 Å². The number of hydrogen-bond donors (Lipinski definition) is 1. The number of anilines is 1. The molecule has 1 saturated heterocycles. The van der Waals surface area contributed by atoms with Gasteiger partial charge in [0.1, 0.15) is 11.4 Å². The molecule has 1 aromatic heterocycles. The summed E-state index contributed by atoms with van der Waals surface area (Å²) in [5, 5.41) is 3.62. The maximum atomic E-state index is 13.5. The summed E-state index contributed by atoms with van der Waals surface area (Å²) in [6, 6.07) is 6.04. The average Bonchev–Trinajstić information content (AvgIpc) is 3.08. The summed E-state index contributed by atoms with van der Waals surface area (Å²) in [7, 11) is 0. The lowest BCUT2D eigenvalue weighted by atomic mass is 10.1. The van der Waals surface area contributed by atoms with Crippen molar-refractivity contribution in [2.75, 3.05) is 45.2 Å². The molecule has 0 spiro atoms. The van der Waals surface area contributed by atoms with Crippen molar-refractivity contribution in [2.45, 2.75) is 12.7 Å². The van der Waals surface area contributed by atoms with Crippen LogP contribution in [0.4, 0.5) is 19.0 Å².